The van der Waals surface area contributed by atoms with Gasteiger partial charge in [0.05, 0.1) is 0 Å². The molecule has 0 radical (unpaired) electrons. The molecule has 1 heterocycles. The van der Waals surface area contributed by atoms with Crippen LogP contribution >= 0.6 is 0 Å². The lowest BCUT2D eigenvalue weighted by molar-refractivity contribution is -0.130. The number of allylic oxidation sites excluding steroid dienone is 1. The number of rotatable bonds is 3. The molecule has 1 unspecified atom stereocenters. The number of carbonyl (C=O) groups excluding carboxylic acids is 1. The summed E-state index contributed by atoms with van der Waals surface area (Å²) in [6.45, 7) is 5.40. The third-order valence-electron chi connectivity index (χ3n) is 3.01. The molecule has 0 aromatic heterocycles. The zero-order chi connectivity index (χ0) is 11.3. The lowest BCUT2D eigenvalue weighted by Crippen LogP contribution is -2.47. The van der Waals surface area contributed by atoms with Gasteiger partial charge in [-0.1, -0.05) is 13.0 Å². The van der Waals surface area contributed by atoms with Crippen LogP contribution in [-0.2, 0) is 4.79 Å². The summed E-state index contributed by atoms with van der Waals surface area (Å²) in [4.78, 5) is 14.0. The van der Waals surface area contributed by atoms with Gasteiger partial charge in [-0.25, -0.2) is 0 Å². The SMILES string of the molecule is CC/C=C(/C)C(=O)N1CCCCC1CN. The molecule has 1 atom stereocenters. The second-order valence-electron chi connectivity index (χ2n) is 4.18. The summed E-state index contributed by atoms with van der Waals surface area (Å²) >= 11 is 0. The molecule has 0 spiro atoms. The summed E-state index contributed by atoms with van der Waals surface area (Å²) < 4.78 is 0. The third-order valence-corrected chi connectivity index (χ3v) is 3.01. The quantitative estimate of drug-likeness (QED) is 0.720. The maximum absolute atomic E-state index is 12.1. The van der Waals surface area contributed by atoms with Gasteiger partial charge < -0.3 is 10.6 Å². The number of amides is 1. The minimum atomic E-state index is 0.173. The highest BCUT2D eigenvalue weighted by Gasteiger charge is 2.25. The second-order valence-corrected chi connectivity index (χ2v) is 4.18. The van der Waals surface area contributed by atoms with Gasteiger partial charge in [0.2, 0.25) is 5.91 Å². The Labute approximate surface area is 92.3 Å². The molecule has 1 rings (SSSR count). The number of hydrogen-bond donors (Lipinski definition) is 1. The van der Waals surface area contributed by atoms with E-state index in [9.17, 15) is 4.79 Å². The van der Waals surface area contributed by atoms with E-state index in [4.69, 9.17) is 5.73 Å². The Hall–Kier alpha value is -0.830. The minimum Gasteiger partial charge on any atom is -0.335 e. The molecule has 0 aliphatic carbocycles. The van der Waals surface area contributed by atoms with Crippen molar-refractivity contribution in [2.45, 2.75) is 45.6 Å². The van der Waals surface area contributed by atoms with Crippen molar-refractivity contribution < 1.29 is 4.79 Å². The average molecular weight is 210 g/mol. The summed E-state index contributed by atoms with van der Waals surface area (Å²) in [5.74, 6) is 0.173. The molecular formula is C12H22N2O. The summed E-state index contributed by atoms with van der Waals surface area (Å²) in [7, 11) is 0. The van der Waals surface area contributed by atoms with Gasteiger partial charge in [0.25, 0.3) is 0 Å². The lowest BCUT2D eigenvalue weighted by Gasteiger charge is -2.35. The fourth-order valence-corrected chi connectivity index (χ4v) is 2.13. The summed E-state index contributed by atoms with van der Waals surface area (Å²) in [5.41, 5.74) is 6.55. The molecule has 0 aromatic rings. The van der Waals surface area contributed by atoms with Crippen LogP contribution in [0.15, 0.2) is 11.6 Å². The largest absolute Gasteiger partial charge is 0.335 e. The number of piperidine rings is 1. The molecule has 3 nitrogen and oxygen atoms in total. The zero-order valence-corrected chi connectivity index (χ0v) is 9.83. The molecule has 0 bridgehead atoms. The van der Waals surface area contributed by atoms with Crippen LogP contribution in [-0.4, -0.2) is 29.9 Å². The lowest BCUT2D eigenvalue weighted by atomic mass is 10.0. The number of nitrogens with two attached hydrogens (primary N) is 1. The van der Waals surface area contributed by atoms with Gasteiger partial charge in [0, 0.05) is 24.7 Å². The summed E-state index contributed by atoms with van der Waals surface area (Å²) in [6, 6.07) is 0.256. The third kappa shape index (κ3) is 3.06. The first-order valence-electron chi connectivity index (χ1n) is 5.88. The Morgan fingerprint density at radius 2 is 2.27 bits per heavy atom. The van der Waals surface area contributed by atoms with E-state index in [0.29, 0.717) is 6.54 Å². The predicted molar refractivity (Wildman–Crippen MR) is 62.5 cm³/mol. The Kier molecular flexibility index (Phi) is 4.82. The Bertz CT molecular complexity index is 248. The van der Waals surface area contributed by atoms with Crippen molar-refractivity contribution in [3.8, 4) is 0 Å². The number of nitrogens with zero attached hydrogens (tertiary/aromatic N) is 1. The first-order valence-corrected chi connectivity index (χ1v) is 5.88. The Balaban J connectivity index is 2.67. The molecule has 1 amide bonds. The van der Waals surface area contributed by atoms with E-state index in [0.717, 1.165) is 31.4 Å². The fourth-order valence-electron chi connectivity index (χ4n) is 2.13. The topological polar surface area (TPSA) is 46.3 Å². The zero-order valence-electron chi connectivity index (χ0n) is 9.83. The van der Waals surface area contributed by atoms with E-state index in [2.05, 4.69) is 0 Å². The number of likely N-dealkylation sites (tertiary alicyclic amines) is 1. The van der Waals surface area contributed by atoms with Crippen molar-refractivity contribution in [1.82, 2.24) is 4.90 Å². The smallest absolute Gasteiger partial charge is 0.249 e. The maximum atomic E-state index is 12.1. The van der Waals surface area contributed by atoms with E-state index in [1.165, 1.54) is 6.42 Å². The van der Waals surface area contributed by atoms with Gasteiger partial charge in [0.15, 0.2) is 0 Å². The van der Waals surface area contributed by atoms with E-state index >= 15 is 0 Å². The number of hydrogen-bond acceptors (Lipinski definition) is 2. The van der Waals surface area contributed by atoms with Gasteiger partial charge in [-0.2, -0.15) is 0 Å². The molecule has 86 valence electrons. The van der Waals surface area contributed by atoms with Gasteiger partial charge >= 0.3 is 0 Å². The van der Waals surface area contributed by atoms with Crippen LogP contribution in [0.5, 0.6) is 0 Å². The van der Waals surface area contributed by atoms with E-state index in [1.54, 1.807) is 0 Å². The van der Waals surface area contributed by atoms with Gasteiger partial charge in [-0.15, -0.1) is 0 Å². The second kappa shape index (κ2) is 5.91. The predicted octanol–water partition coefficient (Wildman–Crippen LogP) is 1.68. The van der Waals surface area contributed by atoms with E-state index < -0.39 is 0 Å². The molecular weight excluding hydrogens is 188 g/mol. The number of carbonyl (C=O) groups is 1. The fraction of sp³-hybridized carbons (Fsp3) is 0.750. The van der Waals surface area contributed by atoms with Gasteiger partial charge in [0.1, 0.15) is 0 Å². The van der Waals surface area contributed by atoms with Crippen LogP contribution in [0.1, 0.15) is 39.5 Å². The van der Waals surface area contributed by atoms with Crippen molar-refractivity contribution in [2.24, 2.45) is 5.73 Å². The highest BCUT2D eigenvalue weighted by molar-refractivity contribution is 5.93. The normalized spacial score (nSPS) is 23.0. The van der Waals surface area contributed by atoms with Crippen LogP contribution < -0.4 is 5.73 Å². The van der Waals surface area contributed by atoms with Crippen molar-refractivity contribution in [2.75, 3.05) is 13.1 Å². The van der Waals surface area contributed by atoms with Crippen molar-refractivity contribution in [1.29, 1.82) is 0 Å². The van der Waals surface area contributed by atoms with Gasteiger partial charge in [-0.05, 0) is 32.6 Å². The molecule has 0 saturated carbocycles. The average Bonchev–Trinajstić information content (AvgIpc) is 2.28. The first kappa shape index (κ1) is 12.2. The molecule has 3 heteroatoms. The van der Waals surface area contributed by atoms with Crippen molar-refractivity contribution in [3.63, 3.8) is 0 Å². The van der Waals surface area contributed by atoms with Crippen LogP contribution in [0.4, 0.5) is 0 Å². The molecule has 1 aliphatic rings. The molecule has 2 N–H and O–H groups in total. The summed E-state index contributed by atoms with van der Waals surface area (Å²) in [5, 5.41) is 0. The first-order chi connectivity index (χ1) is 7.20. The summed E-state index contributed by atoms with van der Waals surface area (Å²) in [6.07, 6.45) is 6.27. The van der Waals surface area contributed by atoms with Crippen molar-refractivity contribution >= 4 is 5.91 Å². The highest BCUT2D eigenvalue weighted by Crippen LogP contribution is 2.18. The monoisotopic (exact) mass is 210 g/mol. The van der Waals surface area contributed by atoms with Gasteiger partial charge in [-0.3, -0.25) is 4.79 Å². The molecule has 1 fully saturated rings. The van der Waals surface area contributed by atoms with Crippen molar-refractivity contribution in [3.05, 3.63) is 11.6 Å². The Morgan fingerprint density at radius 1 is 1.53 bits per heavy atom. The van der Waals surface area contributed by atoms with Crippen LogP contribution in [0, 0.1) is 0 Å². The molecule has 1 saturated heterocycles. The molecule has 1 aliphatic heterocycles. The van der Waals surface area contributed by atoms with E-state index in [-0.39, 0.29) is 11.9 Å². The van der Waals surface area contributed by atoms with Crippen LogP contribution in [0.2, 0.25) is 0 Å². The highest BCUT2D eigenvalue weighted by atomic mass is 16.2. The molecule has 15 heavy (non-hydrogen) atoms. The molecule has 0 aromatic carbocycles. The maximum Gasteiger partial charge on any atom is 0.249 e. The Morgan fingerprint density at radius 3 is 2.87 bits per heavy atom. The van der Waals surface area contributed by atoms with Crippen LogP contribution in [0.3, 0.4) is 0 Å². The minimum absolute atomic E-state index is 0.173. The van der Waals surface area contributed by atoms with Crippen LogP contribution in [0.25, 0.3) is 0 Å². The van der Waals surface area contributed by atoms with E-state index in [1.807, 2.05) is 24.8 Å². The standard InChI is InChI=1S/C12H22N2O/c1-3-6-10(2)12(15)14-8-5-4-7-11(14)9-13/h6,11H,3-5,7-9,13H2,1-2H3/b10-6-.